The number of ether oxygens (including phenoxy) is 1. The summed E-state index contributed by atoms with van der Waals surface area (Å²) >= 11 is 11.8. The van der Waals surface area contributed by atoms with Crippen molar-refractivity contribution in [3.05, 3.63) is 64.2 Å². The topological polar surface area (TPSA) is 63.7 Å². The molecule has 2 aromatic rings. The van der Waals surface area contributed by atoms with E-state index in [4.69, 9.17) is 27.9 Å². The van der Waals surface area contributed by atoms with Crippen LogP contribution >= 0.6 is 23.2 Å². The van der Waals surface area contributed by atoms with E-state index in [1.807, 2.05) is 32.0 Å². The van der Waals surface area contributed by atoms with Crippen molar-refractivity contribution < 1.29 is 19.1 Å². The van der Waals surface area contributed by atoms with Crippen LogP contribution in [0, 0.1) is 5.92 Å². The van der Waals surface area contributed by atoms with E-state index < -0.39 is 18.0 Å². The molecule has 1 amide bonds. The molecule has 1 heterocycles. The van der Waals surface area contributed by atoms with Gasteiger partial charge in [-0.15, -0.1) is 11.6 Å². The molecule has 0 aliphatic carbocycles. The molecule has 1 saturated heterocycles. The normalized spacial score (nSPS) is 16.8. The van der Waals surface area contributed by atoms with Crippen molar-refractivity contribution in [2.45, 2.75) is 45.6 Å². The van der Waals surface area contributed by atoms with E-state index >= 15 is 0 Å². The minimum atomic E-state index is -1.00. The summed E-state index contributed by atoms with van der Waals surface area (Å²) in [5, 5.41) is 0.510. The molecule has 2 aromatic carbocycles. The number of esters is 1. The van der Waals surface area contributed by atoms with Gasteiger partial charge >= 0.3 is 5.97 Å². The highest BCUT2D eigenvalue weighted by molar-refractivity contribution is 6.30. The molecular formula is C25H27Cl2NO4. The number of Topliss-reactive ketones (excluding diaryl/α,β-unsaturated/α-hetero) is 1. The van der Waals surface area contributed by atoms with Crippen LogP contribution in [0.5, 0.6) is 0 Å². The maximum Gasteiger partial charge on any atom is 0.312 e. The molecule has 0 spiro atoms. The first-order valence-corrected chi connectivity index (χ1v) is 11.8. The average molecular weight is 476 g/mol. The van der Waals surface area contributed by atoms with Crippen LogP contribution in [0.4, 0.5) is 5.69 Å². The summed E-state index contributed by atoms with van der Waals surface area (Å²) in [4.78, 5) is 40.3. The van der Waals surface area contributed by atoms with Crippen molar-refractivity contribution in [3.8, 4) is 0 Å². The molecule has 32 heavy (non-hydrogen) atoms. The first kappa shape index (κ1) is 24.3. The van der Waals surface area contributed by atoms with Gasteiger partial charge in [0.1, 0.15) is 0 Å². The number of rotatable bonds is 9. The number of hydrogen-bond donors (Lipinski definition) is 0. The summed E-state index contributed by atoms with van der Waals surface area (Å²) in [6, 6.07) is 12.4. The number of nitrogens with zero attached hydrogens (tertiary/aromatic N) is 1. The smallest absolute Gasteiger partial charge is 0.312 e. The lowest BCUT2D eigenvalue weighted by atomic mass is 10.0. The monoisotopic (exact) mass is 475 g/mol. The Labute approximate surface area is 198 Å². The third-order valence-electron chi connectivity index (χ3n) is 5.74. The number of carbonyl (C=O) groups excluding carboxylic acids is 3. The van der Waals surface area contributed by atoms with Gasteiger partial charge in [0.05, 0.1) is 5.92 Å². The second-order valence-corrected chi connectivity index (χ2v) is 8.63. The number of alkyl halides is 1. The molecule has 1 aliphatic rings. The van der Waals surface area contributed by atoms with Gasteiger partial charge in [-0.2, -0.15) is 0 Å². The molecular weight excluding hydrogens is 449 g/mol. The summed E-state index contributed by atoms with van der Waals surface area (Å²) in [6.07, 6.45) is 0.824. The van der Waals surface area contributed by atoms with Crippen LogP contribution in [0.25, 0.3) is 0 Å². The standard InChI is InChI=1S/C25H27Cl2NO4/c1-3-16-6-5-7-17(4-2)23(16)28-15-19(14-22(28)29)25(31)32-21(12-13-26)24(30)18-8-10-20(27)11-9-18/h5-11,19,21H,3-4,12-15H2,1-2H3/t19-,21+/m1/s1. The van der Waals surface area contributed by atoms with Crippen molar-refractivity contribution in [1.82, 2.24) is 0 Å². The second kappa shape index (κ2) is 11.0. The summed E-state index contributed by atoms with van der Waals surface area (Å²) in [5.74, 6) is -1.46. The van der Waals surface area contributed by atoms with E-state index in [-0.39, 0.29) is 37.0 Å². The van der Waals surface area contributed by atoms with Crippen LogP contribution in [0.3, 0.4) is 0 Å². The van der Waals surface area contributed by atoms with E-state index in [1.54, 1.807) is 29.2 Å². The quantitative estimate of drug-likeness (QED) is 0.282. The van der Waals surface area contributed by atoms with Gasteiger partial charge in [-0.25, -0.2) is 0 Å². The minimum absolute atomic E-state index is 0.0583. The summed E-state index contributed by atoms with van der Waals surface area (Å²) in [5.41, 5.74) is 3.44. The Balaban J connectivity index is 1.76. The van der Waals surface area contributed by atoms with E-state index in [2.05, 4.69) is 0 Å². The number of carbonyl (C=O) groups is 3. The van der Waals surface area contributed by atoms with E-state index in [0.717, 1.165) is 29.7 Å². The molecule has 0 saturated carbocycles. The fraction of sp³-hybridized carbons (Fsp3) is 0.400. The molecule has 2 atom stereocenters. The highest BCUT2D eigenvalue weighted by Crippen LogP contribution is 2.33. The Morgan fingerprint density at radius 2 is 1.72 bits per heavy atom. The third-order valence-corrected chi connectivity index (χ3v) is 6.21. The Hall–Kier alpha value is -2.37. The van der Waals surface area contributed by atoms with Crippen molar-refractivity contribution in [3.63, 3.8) is 0 Å². The van der Waals surface area contributed by atoms with Crippen LogP contribution in [-0.4, -0.2) is 36.2 Å². The molecule has 0 radical (unpaired) electrons. The average Bonchev–Trinajstić information content (AvgIpc) is 3.19. The fourth-order valence-corrected chi connectivity index (χ4v) is 4.35. The number of hydrogen-bond acceptors (Lipinski definition) is 4. The Kier molecular flexibility index (Phi) is 8.32. The molecule has 0 N–H and O–H groups in total. The van der Waals surface area contributed by atoms with E-state index in [9.17, 15) is 14.4 Å². The van der Waals surface area contributed by atoms with Crippen molar-refractivity contribution in [2.75, 3.05) is 17.3 Å². The summed E-state index contributed by atoms with van der Waals surface area (Å²) in [6.45, 7) is 4.33. The molecule has 1 fully saturated rings. The van der Waals surface area contributed by atoms with Gasteiger partial charge in [0.15, 0.2) is 6.10 Å². The number of aryl methyl sites for hydroxylation is 2. The molecule has 3 rings (SSSR count). The number of halogens is 2. The zero-order valence-corrected chi connectivity index (χ0v) is 19.8. The first-order valence-electron chi connectivity index (χ1n) is 10.9. The molecule has 0 aromatic heterocycles. The summed E-state index contributed by atoms with van der Waals surface area (Å²) in [7, 11) is 0. The van der Waals surface area contributed by atoms with Gasteiger partial charge in [-0.3, -0.25) is 14.4 Å². The molecule has 1 aliphatic heterocycles. The van der Waals surface area contributed by atoms with Gasteiger partial charge in [0.25, 0.3) is 0 Å². The second-order valence-electron chi connectivity index (χ2n) is 7.81. The SMILES string of the molecule is CCc1cccc(CC)c1N1C[C@H](C(=O)O[C@@H](CCCl)C(=O)c2ccc(Cl)cc2)CC1=O. The molecule has 5 nitrogen and oxygen atoms in total. The fourth-order valence-electron chi connectivity index (χ4n) is 4.02. The zero-order valence-electron chi connectivity index (χ0n) is 18.3. The molecule has 170 valence electrons. The number of para-hydroxylation sites is 1. The van der Waals surface area contributed by atoms with Gasteiger partial charge < -0.3 is 9.64 Å². The van der Waals surface area contributed by atoms with Crippen molar-refractivity contribution >= 4 is 46.5 Å². The van der Waals surface area contributed by atoms with Crippen LogP contribution in [0.1, 0.15) is 48.2 Å². The van der Waals surface area contributed by atoms with Gasteiger partial charge in [-0.05, 0) is 48.2 Å². The predicted octanol–water partition coefficient (Wildman–Crippen LogP) is 5.24. The number of benzene rings is 2. The molecule has 0 unspecified atom stereocenters. The van der Waals surface area contributed by atoms with Gasteiger partial charge in [0, 0.05) is 41.5 Å². The Morgan fingerprint density at radius 1 is 1.09 bits per heavy atom. The highest BCUT2D eigenvalue weighted by atomic mass is 35.5. The lowest BCUT2D eigenvalue weighted by Crippen LogP contribution is -2.33. The summed E-state index contributed by atoms with van der Waals surface area (Å²) < 4.78 is 5.58. The van der Waals surface area contributed by atoms with Gasteiger partial charge in [-0.1, -0.05) is 43.6 Å². The first-order chi connectivity index (χ1) is 15.4. The lowest BCUT2D eigenvalue weighted by Gasteiger charge is -2.23. The number of amides is 1. The van der Waals surface area contributed by atoms with Crippen LogP contribution < -0.4 is 4.90 Å². The third kappa shape index (κ3) is 5.33. The van der Waals surface area contributed by atoms with E-state index in [1.165, 1.54) is 0 Å². The minimum Gasteiger partial charge on any atom is -0.454 e. The van der Waals surface area contributed by atoms with Crippen molar-refractivity contribution in [1.29, 1.82) is 0 Å². The predicted molar refractivity (Wildman–Crippen MR) is 127 cm³/mol. The maximum absolute atomic E-state index is 12.9. The van der Waals surface area contributed by atoms with E-state index in [0.29, 0.717) is 10.6 Å². The Morgan fingerprint density at radius 3 is 2.28 bits per heavy atom. The number of anilines is 1. The largest absolute Gasteiger partial charge is 0.454 e. The maximum atomic E-state index is 12.9. The number of ketones is 1. The van der Waals surface area contributed by atoms with Crippen LogP contribution in [0.2, 0.25) is 5.02 Å². The Bertz CT molecular complexity index is 968. The van der Waals surface area contributed by atoms with Crippen LogP contribution in [0.15, 0.2) is 42.5 Å². The van der Waals surface area contributed by atoms with Gasteiger partial charge in [0.2, 0.25) is 11.7 Å². The molecule has 0 bridgehead atoms. The van der Waals surface area contributed by atoms with Crippen molar-refractivity contribution in [2.24, 2.45) is 5.92 Å². The van der Waals surface area contributed by atoms with Crippen LogP contribution in [-0.2, 0) is 27.2 Å². The molecule has 7 heteroatoms. The highest BCUT2D eigenvalue weighted by Gasteiger charge is 2.39. The lowest BCUT2D eigenvalue weighted by molar-refractivity contribution is -0.151. The zero-order chi connectivity index (χ0) is 23.3.